The monoisotopic (exact) mass is 115 g/mol. The van der Waals surface area contributed by atoms with Gasteiger partial charge in [-0.3, -0.25) is 0 Å². The predicted octanol–water partition coefficient (Wildman–Crippen LogP) is 1.03. The van der Waals surface area contributed by atoms with Gasteiger partial charge in [0.05, 0.1) is 0 Å². The minimum atomic E-state index is -1.27. The number of hydrogen-bond donors (Lipinski definition) is 0. The third-order valence-corrected chi connectivity index (χ3v) is 1.19. The van der Waals surface area contributed by atoms with Crippen LogP contribution in [0.1, 0.15) is 12.8 Å². The molecule has 0 bridgehead atoms. The van der Waals surface area contributed by atoms with Crippen LogP contribution in [0.2, 0.25) is 0 Å². The lowest BCUT2D eigenvalue weighted by atomic mass is 10.4. The highest BCUT2D eigenvalue weighted by atomic mass is 19.1. The summed E-state index contributed by atoms with van der Waals surface area (Å²) >= 11 is 0. The van der Waals surface area contributed by atoms with Gasteiger partial charge in [0.1, 0.15) is 0 Å². The van der Waals surface area contributed by atoms with Gasteiger partial charge in [0, 0.05) is 5.92 Å². The predicted molar refractivity (Wildman–Crippen MR) is 25.7 cm³/mol. The molecule has 1 atom stereocenters. The maximum Gasteiger partial charge on any atom is 0.237 e. The van der Waals surface area contributed by atoms with Gasteiger partial charge >= 0.3 is 0 Å². The molecular weight excluding hydrogens is 109 g/mol. The third-order valence-electron chi connectivity index (χ3n) is 1.19. The molecule has 0 aromatic heterocycles. The zero-order valence-corrected chi connectivity index (χ0v) is 4.30. The van der Waals surface area contributed by atoms with E-state index < -0.39 is 6.30 Å². The fraction of sp³-hybridized carbons (Fsp3) is 0.800. The van der Waals surface area contributed by atoms with Gasteiger partial charge in [-0.15, -0.1) is 0 Å². The first-order valence-electron chi connectivity index (χ1n) is 2.55. The van der Waals surface area contributed by atoms with Crippen LogP contribution < -0.4 is 0 Å². The lowest BCUT2D eigenvalue weighted by molar-refractivity contribution is 0.309. The summed E-state index contributed by atoms with van der Waals surface area (Å²) in [5.41, 5.74) is 0. The maximum atomic E-state index is 12.2. The van der Waals surface area contributed by atoms with Gasteiger partial charge in [-0.1, -0.05) is 0 Å². The molecule has 0 radical (unpaired) electrons. The van der Waals surface area contributed by atoms with Gasteiger partial charge in [-0.05, 0) is 12.8 Å². The van der Waals surface area contributed by atoms with Crippen molar-refractivity contribution in [3.8, 4) is 0 Å². The standard InChI is InChI=1S/C5H6FNO/c6-5(7-3-8)4-1-2-4/h4-5H,1-2H2. The Labute approximate surface area is 46.4 Å². The molecular formula is C5H6FNO. The van der Waals surface area contributed by atoms with E-state index in [0.29, 0.717) is 0 Å². The first-order valence-corrected chi connectivity index (χ1v) is 2.55. The van der Waals surface area contributed by atoms with E-state index in [0.717, 1.165) is 12.8 Å². The summed E-state index contributed by atoms with van der Waals surface area (Å²) in [6.07, 6.45) is 1.65. The second-order valence-electron chi connectivity index (χ2n) is 1.93. The summed E-state index contributed by atoms with van der Waals surface area (Å²) in [7, 11) is 0. The zero-order valence-electron chi connectivity index (χ0n) is 4.30. The van der Waals surface area contributed by atoms with Crippen molar-refractivity contribution in [2.45, 2.75) is 19.1 Å². The van der Waals surface area contributed by atoms with E-state index in [1.165, 1.54) is 6.08 Å². The van der Waals surface area contributed by atoms with Crippen LogP contribution in [0.5, 0.6) is 0 Å². The summed E-state index contributed by atoms with van der Waals surface area (Å²) in [5, 5.41) is 0. The number of hydrogen-bond acceptors (Lipinski definition) is 2. The van der Waals surface area contributed by atoms with Crippen molar-refractivity contribution in [2.24, 2.45) is 10.9 Å². The Bertz CT molecular complexity index is 126. The van der Waals surface area contributed by atoms with Crippen molar-refractivity contribution in [3.05, 3.63) is 0 Å². The fourth-order valence-corrected chi connectivity index (χ4v) is 0.527. The van der Waals surface area contributed by atoms with Crippen LogP contribution in [0, 0.1) is 5.92 Å². The van der Waals surface area contributed by atoms with E-state index in [9.17, 15) is 9.18 Å². The molecule has 0 amide bonds. The molecule has 0 aromatic rings. The minimum absolute atomic E-state index is 0.0245. The molecule has 1 aliphatic rings. The molecule has 1 aliphatic carbocycles. The number of alkyl halides is 1. The van der Waals surface area contributed by atoms with Gasteiger partial charge in [0.2, 0.25) is 12.4 Å². The Hall–Kier alpha value is -0.690. The van der Waals surface area contributed by atoms with E-state index in [4.69, 9.17) is 0 Å². The molecule has 44 valence electrons. The topological polar surface area (TPSA) is 29.4 Å². The first kappa shape index (κ1) is 5.45. The molecule has 1 fully saturated rings. The summed E-state index contributed by atoms with van der Waals surface area (Å²) in [5.74, 6) is 0.0245. The average Bonchev–Trinajstić information content (AvgIpc) is 2.45. The largest absolute Gasteiger partial charge is 0.237 e. The zero-order chi connectivity index (χ0) is 5.98. The second-order valence-corrected chi connectivity index (χ2v) is 1.93. The molecule has 0 heterocycles. The van der Waals surface area contributed by atoms with Gasteiger partial charge in [0.25, 0.3) is 0 Å². The highest BCUT2D eigenvalue weighted by Gasteiger charge is 2.30. The van der Waals surface area contributed by atoms with Crippen LogP contribution in [-0.2, 0) is 4.79 Å². The number of rotatable bonds is 2. The van der Waals surface area contributed by atoms with Gasteiger partial charge in [0.15, 0.2) is 0 Å². The highest BCUT2D eigenvalue weighted by molar-refractivity contribution is 5.33. The lowest BCUT2D eigenvalue weighted by Gasteiger charge is -1.90. The Morgan fingerprint density at radius 2 is 2.38 bits per heavy atom. The normalized spacial score (nSPS) is 21.6. The Kier molecular flexibility index (Phi) is 1.40. The van der Waals surface area contributed by atoms with Crippen LogP contribution in [0.15, 0.2) is 4.99 Å². The number of halogens is 1. The number of aliphatic imine (C=N–C) groups is 1. The van der Waals surface area contributed by atoms with Crippen molar-refractivity contribution in [1.29, 1.82) is 0 Å². The van der Waals surface area contributed by atoms with Gasteiger partial charge in [-0.2, -0.15) is 4.99 Å². The van der Waals surface area contributed by atoms with E-state index in [1.807, 2.05) is 0 Å². The van der Waals surface area contributed by atoms with Crippen LogP contribution in [0.3, 0.4) is 0 Å². The molecule has 1 saturated carbocycles. The molecule has 3 heteroatoms. The highest BCUT2D eigenvalue weighted by Crippen LogP contribution is 2.34. The smallest absolute Gasteiger partial charge is 0.221 e. The molecule has 8 heavy (non-hydrogen) atoms. The molecule has 0 saturated heterocycles. The molecule has 1 rings (SSSR count). The quantitative estimate of drug-likeness (QED) is 0.300. The second kappa shape index (κ2) is 2.05. The first-order chi connectivity index (χ1) is 3.84. The molecule has 0 aromatic carbocycles. The molecule has 0 N–H and O–H groups in total. The number of isocyanates is 1. The van der Waals surface area contributed by atoms with E-state index in [-0.39, 0.29) is 5.92 Å². The Morgan fingerprint density at radius 3 is 2.75 bits per heavy atom. The fourth-order valence-electron chi connectivity index (χ4n) is 0.527. The Morgan fingerprint density at radius 1 is 1.75 bits per heavy atom. The average molecular weight is 115 g/mol. The summed E-state index contributed by atoms with van der Waals surface area (Å²) in [6, 6.07) is 0. The van der Waals surface area contributed by atoms with Gasteiger partial charge in [-0.25, -0.2) is 9.18 Å². The van der Waals surface area contributed by atoms with Crippen molar-refractivity contribution >= 4 is 6.08 Å². The van der Waals surface area contributed by atoms with Gasteiger partial charge < -0.3 is 0 Å². The van der Waals surface area contributed by atoms with Crippen molar-refractivity contribution in [1.82, 2.24) is 0 Å². The maximum absolute atomic E-state index is 12.2. The Balaban J connectivity index is 2.32. The van der Waals surface area contributed by atoms with Crippen LogP contribution in [-0.4, -0.2) is 12.4 Å². The third kappa shape index (κ3) is 1.14. The summed E-state index contributed by atoms with van der Waals surface area (Å²) in [4.78, 5) is 12.3. The van der Waals surface area contributed by atoms with Crippen LogP contribution >= 0.6 is 0 Å². The minimum Gasteiger partial charge on any atom is -0.221 e. The SMILES string of the molecule is O=C=NC(F)C1CC1. The van der Waals surface area contributed by atoms with E-state index in [2.05, 4.69) is 4.99 Å². The summed E-state index contributed by atoms with van der Waals surface area (Å²) < 4.78 is 12.2. The summed E-state index contributed by atoms with van der Waals surface area (Å²) in [6.45, 7) is 0. The van der Waals surface area contributed by atoms with Crippen molar-refractivity contribution < 1.29 is 9.18 Å². The molecule has 2 nitrogen and oxygen atoms in total. The molecule has 1 unspecified atom stereocenters. The molecule has 0 spiro atoms. The lowest BCUT2D eigenvalue weighted by Crippen LogP contribution is -1.95. The number of nitrogens with zero attached hydrogens (tertiary/aromatic N) is 1. The van der Waals surface area contributed by atoms with Crippen molar-refractivity contribution in [3.63, 3.8) is 0 Å². The van der Waals surface area contributed by atoms with Crippen LogP contribution in [0.4, 0.5) is 4.39 Å². The molecule has 0 aliphatic heterocycles. The van der Waals surface area contributed by atoms with Crippen molar-refractivity contribution in [2.75, 3.05) is 0 Å². The van der Waals surface area contributed by atoms with E-state index in [1.54, 1.807) is 0 Å². The van der Waals surface area contributed by atoms with Crippen LogP contribution in [0.25, 0.3) is 0 Å². The van der Waals surface area contributed by atoms with E-state index >= 15 is 0 Å². The number of carbonyl (C=O) groups excluding carboxylic acids is 1.